The van der Waals surface area contributed by atoms with Crippen LogP contribution in [0.2, 0.25) is 0 Å². The van der Waals surface area contributed by atoms with E-state index in [0.29, 0.717) is 13.0 Å². The van der Waals surface area contributed by atoms with Crippen LogP contribution in [0.1, 0.15) is 18.4 Å². The zero-order chi connectivity index (χ0) is 16.7. The maximum absolute atomic E-state index is 12.1. The van der Waals surface area contributed by atoms with E-state index in [1.54, 1.807) is 23.1 Å². The van der Waals surface area contributed by atoms with Crippen molar-refractivity contribution in [3.8, 4) is 0 Å². The third-order valence-corrected chi connectivity index (χ3v) is 4.69. The lowest BCUT2D eigenvalue weighted by atomic mass is 10.2. The number of rotatable bonds is 8. The normalized spacial score (nSPS) is 11.6. The predicted molar refractivity (Wildman–Crippen MR) is 86.4 cm³/mol. The van der Waals surface area contributed by atoms with Crippen LogP contribution in [0.3, 0.4) is 0 Å². The van der Waals surface area contributed by atoms with Gasteiger partial charge in [0.05, 0.1) is 0 Å². The average molecular weight is 336 g/mol. The fourth-order valence-electron chi connectivity index (χ4n) is 2.03. The van der Waals surface area contributed by atoms with E-state index < -0.39 is 16.1 Å². The fourth-order valence-corrected chi connectivity index (χ4v) is 2.90. The number of nitrogens with one attached hydrogen (secondary N) is 1. The lowest BCUT2D eigenvalue weighted by Crippen LogP contribution is -2.41. The van der Waals surface area contributed by atoms with Gasteiger partial charge in [0.1, 0.15) is 0 Å². The van der Waals surface area contributed by atoms with E-state index in [-0.39, 0.29) is 13.0 Å². The van der Waals surface area contributed by atoms with Gasteiger partial charge in [0, 0.05) is 39.0 Å². The van der Waals surface area contributed by atoms with Gasteiger partial charge < -0.3 is 0 Å². The number of aryl methyl sites for hydroxylation is 1. The van der Waals surface area contributed by atoms with Gasteiger partial charge in [0.2, 0.25) is 5.91 Å². The van der Waals surface area contributed by atoms with Crippen LogP contribution in [0.15, 0.2) is 48.8 Å². The van der Waals surface area contributed by atoms with E-state index in [9.17, 15) is 13.2 Å². The van der Waals surface area contributed by atoms with Crippen LogP contribution in [-0.2, 0) is 28.1 Å². The minimum atomic E-state index is -3.83. The Hall–Kier alpha value is -2.19. The number of carbonyl (C=O) groups excluding carboxylic acids is 1. The molecular formula is C15H20N4O3S. The SMILES string of the molecule is CN(Cc1ccccc1)S(=O)(=O)NC(=O)CCCn1cccn1. The van der Waals surface area contributed by atoms with Crippen LogP contribution >= 0.6 is 0 Å². The third kappa shape index (κ3) is 5.50. The van der Waals surface area contributed by atoms with Crippen LogP contribution < -0.4 is 4.72 Å². The van der Waals surface area contributed by atoms with E-state index in [2.05, 4.69) is 9.82 Å². The first-order chi connectivity index (χ1) is 11.0. The standard InChI is InChI=1S/C15H20N4O3S/c1-18(13-14-7-3-2-4-8-14)23(21,22)17-15(20)9-5-11-19-12-6-10-16-19/h2-4,6-8,10,12H,5,9,11,13H2,1H3,(H,17,20). The molecule has 124 valence electrons. The fraction of sp³-hybridized carbons (Fsp3) is 0.333. The van der Waals surface area contributed by atoms with Gasteiger partial charge in [-0.05, 0) is 18.1 Å². The minimum Gasteiger partial charge on any atom is -0.274 e. The number of amides is 1. The van der Waals surface area contributed by atoms with E-state index in [0.717, 1.165) is 9.87 Å². The lowest BCUT2D eigenvalue weighted by molar-refractivity contribution is -0.119. The molecule has 0 aliphatic rings. The van der Waals surface area contributed by atoms with Crippen molar-refractivity contribution in [2.24, 2.45) is 0 Å². The van der Waals surface area contributed by atoms with E-state index in [1.807, 2.05) is 30.3 Å². The Morgan fingerprint density at radius 2 is 2.00 bits per heavy atom. The van der Waals surface area contributed by atoms with E-state index >= 15 is 0 Å². The first-order valence-electron chi connectivity index (χ1n) is 7.25. The van der Waals surface area contributed by atoms with Crippen molar-refractivity contribution in [3.05, 3.63) is 54.4 Å². The molecule has 0 fully saturated rings. The Morgan fingerprint density at radius 1 is 1.26 bits per heavy atom. The van der Waals surface area contributed by atoms with Crippen molar-refractivity contribution in [3.63, 3.8) is 0 Å². The Kier molecular flexibility index (Phi) is 5.89. The molecular weight excluding hydrogens is 316 g/mol. The molecule has 0 saturated heterocycles. The molecule has 0 aliphatic carbocycles. The first kappa shape index (κ1) is 17.2. The van der Waals surface area contributed by atoms with Crippen molar-refractivity contribution >= 4 is 16.1 Å². The number of aromatic nitrogens is 2. The molecule has 2 aromatic rings. The Bertz CT molecular complexity index is 714. The Balaban J connectivity index is 1.80. The average Bonchev–Trinajstić information content (AvgIpc) is 3.01. The molecule has 1 amide bonds. The van der Waals surface area contributed by atoms with Crippen molar-refractivity contribution in [1.29, 1.82) is 0 Å². The van der Waals surface area contributed by atoms with Gasteiger partial charge >= 0.3 is 10.2 Å². The summed E-state index contributed by atoms with van der Waals surface area (Å²) in [6.45, 7) is 0.775. The molecule has 8 heteroatoms. The topological polar surface area (TPSA) is 84.3 Å². The van der Waals surface area contributed by atoms with Crippen molar-refractivity contribution < 1.29 is 13.2 Å². The molecule has 0 spiro atoms. The molecule has 0 radical (unpaired) electrons. The summed E-state index contributed by atoms with van der Waals surface area (Å²) < 4.78 is 29.1. The van der Waals surface area contributed by atoms with Gasteiger partial charge in [-0.1, -0.05) is 30.3 Å². The van der Waals surface area contributed by atoms with Crippen molar-refractivity contribution in [1.82, 2.24) is 18.8 Å². The van der Waals surface area contributed by atoms with E-state index in [1.165, 1.54) is 7.05 Å². The number of hydrogen-bond donors (Lipinski definition) is 1. The van der Waals surface area contributed by atoms with Gasteiger partial charge in [-0.3, -0.25) is 9.48 Å². The molecule has 1 aromatic heterocycles. The van der Waals surface area contributed by atoms with Gasteiger partial charge in [0.25, 0.3) is 0 Å². The van der Waals surface area contributed by atoms with Gasteiger partial charge in [0.15, 0.2) is 0 Å². The Labute approximate surface area is 136 Å². The minimum absolute atomic E-state index is 0.123. The molecule has 1 heterocycles. The highest BCUT2D eigenvalue weighted by Gasteiger charge is 2.20. The molecule has 0 saturated carbocycles. The largest absolute Gasteiger partial charge is 0.303 e. The second-order valence-electron chi connectivity index (χ2n) is 5.14. The van der Waals surface area contributed by atoms with Crippen LogP contribution in [-0.4, -0.2) is 35.5 Å². The van der Waals surface area contributed by atoms with E-state index in [4.69, 9.17) is 0 Å². The van der Waals surface area contributed by atoms with Gasteiger partial charge in [-0.2, -0.15) is 17.8 Å². The zero-order valence-corrected chi connectivity index (χ0v) is 13.7. The summed E-state index contributed by atoms with van der Waals surface area (Å²) in [5.41, 5.74) is 0.853. The molecule has 7 nitrogen and oxygen atoms in total. The molecule has 0 unspecified atom stereocenters. The van der Waals surface area contributed by atoms with Gasteiger partial charge in [-0.25, -0.2) is 4.72 Å². The first-order valence-corrected chi connectivity index (χ1v) is 8.69. The summed E-state index contributed by atoms with van der Waals surface area (Å²) in [6, 6.07) is 11.0. The molecule has 0 aliphatic heterocycles. The van der Waals surface area contributed by atoms with Crippen LogP contribution in [0.4, 0.5) is 0 Å². The maximum Gasteiger partial charge on any atom is 0.303 e. The van der Waals surface area contributed by atoms with Crippen LogP contribution in [0.5, 0.6) is 0 Å². The second kappa shape index (κ2) is 7.89. The summed E-state index contributed by atoms with van der Waals surface area (Å²) in [7, 11) is -2.39. The highest BCUT2D eigenvalue weighted by Crippen LogP contribution is 2.06. The molecule has 0 bridgehead atoms. The smallest absolute Gasteiger partial charge is 0.274 e. The van der Waals surface area contributed by atoms with Crippen LogP contribution in [0, 0.1) is 0 Å². The second-order valence-corrected chi connectivity index (χ2v) is 6.92. The molecule has 0 atom stereocenters. The van der Waals surface area contributed by atoms with Crippen molar-refractivity contribution in [2.75, 3.05) is 7.05 Å². The predicted octanol–water partition coefficient (Wildman–Crippen LogP) is 1.16. The molecule has 2 rings (SSSR count). The third-order valence-electron chi connectivity index (χ3n) is 3.25. The number of benzene rings is 1. The lowest BCUT2D eigenvalue weighted by Gasteiger charge is -2.17. The quantitative estimate of drug-likeness (QED) is 0.784. The monoisotopic (exact) mass is 336 g/mol. The summed E-state index contributed by atoms with van der Waals surface area (Å²) in [5, 5.41) is 4.02. The molecule has 23 heavy (non-hydrogen) atoms. The Morgan fingerprint density at radius 3 is 2.65 bits per heavy atom. The number of nitrogens with zero attached hydrogens (tertiary/aromatic N) is 3. The highest BCUT2D eigenvalue weighted by molar-refractivity contribution is 7.87. The highest BCUT2D eigenvalue weighted by atomic mass is 32.2. The van der Waals surface area contributed by atoms with Crippen LogP contribution in [0.25, 0.3) is 0 Å². The maximum atomic E-state index is 12.1. The molecule has 1 N–H and O–H groups in total. The molecule has 1 aromatic carbocycles. The summed E-state index contributed by atoms with van der Waals surface area (Å²) in [5.74, 6) is -0.517. The summed E-state index contributed by atoms with van der Waals surface area (Å²) in [4.78, 5) is 11.8. The summed E-state index contributed by atoms with van der Waals surface area (Å²) in [6.07, 6.45) is 4.09. The summed E-state index contributed by atoms with van der Waals surface area (Å²) >= 11 is 0. The number of carbonyl (C=O) groups is 1. The van der Waals surface area contributed by atoms with Gasteiger partial charge in [-0.15, -0.1) is 0 Å². The van der Waals surface area contributed by atoms with Crippen molar-refractivity contribution in [2.45, 2.75) is 25.9 Å². The number of hydrogen-bond acceptors (Lipinski definition) is 4. The zero-order valence-electron chi connectivity index (χ0n) is 12.9.